The SMILES string of the molecule is CC(=O)Nc1cccc(OCC#CCNC(=O)C2CC(=O)N(c3ccccc3)C2)c1. The maximum absolute atomic E-state index is 12.3. The van der Waals surface area contributed by atoms with E-state index in [-0.39, 0.29) is 43.2 Å². The summed E-state index contributed by atoms with van der Waals surface area (Å²) >= 11 is 0. The Morgan fingerprint density at radius 1 is 1.13 bits per heavy atom. The second kappa shape index (κ2) is 10.1. The van der Waals surface area contributed by atoms with E-state index in [9.17, 15) is 14.4 Å². The van der Waals surface area contributed by atoms with Crippen LogP contribution in [0.15, 0.2) is 54.6 Å². The van der Waals surface area contributed by atoms with Gasteiger partial charge in [0.25, 0.3) is 0 Å². The van der Waals surface area contributed by atoms with Crippen molar-refractivity contribution in [3.63, 3.8) is 0 Å². The number of hydrogen-bond acceptors (Lipinski definition) is 4. The van der Waals surface area contributed by atoms with E-state index in [0.717, 1.165) is 5.69 Å². The molecule has 2 N–H and O–H groups in total. The van der Waals surface area contributed by atoms with Gasteiger partial charge in [0.15, 0.2) is 0 Å². The summed E-state index contributed by atoms with van der Waals surface area (Å²) in [5, 5.41) is 5.43. The van der Waals surface area contributed by atoms with Crippen molar-refractivity contribution in [2.45, 2.75) is 13.3 Å². The van der Waals surface area contributed by atoms with Crippen LogP contribution < -0.4 is 20.3 Å². The van der Waals surface area contributed by atoms with Crippen molar-refractivity contribution in [3.8, 4) is 17.6 Å². The number of carbonyl (C=O) groups is 3. The quantitative estimate of drug-likeness (QED) is 0.722. The van der Waals surface area contributed by atoms with Gasteiger partial charge in [0.2, 0.25) is 17.7 Å². The minimum absolute atomic E-state index is 0.0534. The van der Waals surface area contributed by atoms with Gasteiger partial charge in [0.05, 0.1) is 12.5 Å². The maximum Gasteiger partial charge on any atom is 0.227 e. The molecule has 0 aliphatic carbocycles. The van der Waals surface area contributed by atoms with Crippen molar-refractivity contribution in [2.75, 3.05) is 29.9 Å². The van der Waals surface area contributed by atoms with Gasteiger partial charge < -0.3 is 20.3 Å². The van der Waals surface area contributed by atoms with E-state index in [1.807, 2.05) is 30.3 Å². The molecule has 1 aliphatic heterocycles. The summed E-state index contributed by atoms with van der Waals surface area (Å²) in [6.45, 7) is 2.15. The van der Waals surface area contributed by atoms with E-state index in [2.05, 4.69) is 22.5 Å². The van der Waals surface area contributed by atoms with Gasteiger partial charge in [0, 0.05) is 37.3 Å². The summed E-state index contributed by atoms with van der Waals surface area (Å²) < 4.78 is 5.52. The topological polar surface area (TPSA) is 87.7 Å². The van der Waals surface area contributed by atoms with Crippen LogP contribution in [0.2, 0.25) is 0 Å². The predicted octanol–water partition coefficient (Wildman–Crippen LogP) is 2.20. The summed E-state index contributed by atoms with van der Waals surface area (Å²) in [5.74, 6) is 5.49. The van der Waals surface area contributed by atoms with Crippen LogP contribution in [0, 0.1) is 17.8 Å². The average Bonchev–Trinajstić information content (AvgIpc) is 3.12. The van der Waals surface area contributed by atoms with Gasteiger partial charge in [-0.2, -0.15) is 0 Å². The van der Waals surface area contributed by atoms with E-state index in [1.165, 1.54) is 6.92 Å². The Kier molecular flexibility index (Phi) is 7.06. The third-order valence-corrected chi connectivity index (χ3v) is 4.51. The van der Waals surface area contributed by atoms with Crippen LogP contribution in [-0.2, 0) is 14.4 Å². The van der Waals surface area contributed by atoms with Gasteiger partial charge in [0.1, 0.15) is 12.4 Å². The molecule has 0 saturated carbocycles. The number of para-hydroxylation sites is 1. The maximum atomic E-state index is 12.3. The molecule has 0 spiro atoms. The second-order valence-corrected chi connectivity index (χ2v) is 6.81. The van der Waals surface area contributed by atoms with Crippen molar-refractivity contribution < 1.29 is 19.1 Å². The van der Waals surface area contributed by atoms with E-state index in [0.29, 0.717) is 18.0 Å². The molecule has 1 atom stereocenters. The zero-order valence-electron chi connectivity index (χ0n) is 16.7. The first kappa shape index (κ1) is 20.9. The Morgan fingerprint density at radius 2 is 1.93 bits per heavy atom. The highest BCUT2D eigenvalue weighted by Gasteiger charge is 2.34. The Bertz CT molecular complexity index is 979. The molecule has 7 heteroatoms. The molecule has 0 aromatic heterocycles. The highest BCUT2D eigenvalue weighted by Crippen LogP contribution is 2.24. The number of carbonyl (C=O) groups excluding carboxylic acids is 3. The number of rotatable bonds is 6. The standard InChI is InChI=1S/C23H23N3O4/c1-17(27)25-19-8-7-11-21(15-19)30-13-6-5-12-24-23(29)18-14-22(28)26(16-18)20-9-3-2-4-10-20/h2-4,7-11,15,18H,12-14,16H2,1H3,(H,24,29)(H,25,27). The van der Waals surface area contributed by atoms with E-state index < -0.39 is 0 Å². The van der Waals surface area contributed by atoms with Crippen LogP contribution in [0.5, 0.6) is 5.75 Å². The molecule has 3 rings (SSSR count). The molecule has 0 bridgehead atoms. The molecular weight excluding hydrogens is 382 g/mol. The van der Waals surface area contributed by atoms with Gasteiger partial charge in [-0.25, -0.2) is 0 Å². The molecular formula is C23H23N3O4. The van der Waals surface area contributed by atoms with Crippen molar-refractivity contribution in [1.82, 2.24) is 5.32 Å². The van der Waals surface area contributed by atoms with Crippen molar-refractivity contribution >= 4 is 29.1 Å². The monoisotopic (exact) mass is 405 g/mol. The summed E-state index contributed by atoms with van der Waals surface area (Å²) in [5.41, 5.74) is 1.45. The molecule has 154 valence electrons. The normalized spacial score (nSPS) is 15.2. The molecule has 2 aromatic rings. The Balaban J connectivity index is 1.41. The Labute approximate surface area is 175 Å². The number of nitrogens with one attached hydrogen (secondary N) is 2. The average molecular weight is 405 g/mol. The third-order valence-electron chi connectivity index (χ3n) is 4.51. The molecule has 2 aromatic carbocycles. The largest absolute Gasteiger partial charge is 0.481 e. The van der Waals surface area contributed by atoms with Crippen LogP contribution in [0.25, 0.3) is 0 Å². The zero-order valence-corrected chi connectivity index (χ0v) is 16.7. The molecule has 1 aliphatic rings. The number of ether oxygens (including phenoxy) is 1. The molecule has 1 unspecified atom stereocenters. The van der Waals surface area contributed by atoms with Crippen molar-refractivity contribution in [3.05, 3.63) is 54.6 Å². The van der Waals surface area contributed by atoms with Gasteiger partial charge in [-0.3, -0.25) is 14.4 Å². The highest BCUT2D eigenvalue weighted by atomic mass is 16.5. The van der Waals surface area contributed by atoms with Crippen LogP contribution in [0.4, 0.5) is 11.4 Å². The van der Waals surface area contributed by atoms with Crippen molar-refractivity contribution in [1.29, 1.82) is 0 Å². The number of nitrogens with zero attached hydrogens (tertiary/aromatic N) is 1. The first-order valence-electron chi connectivity index (χ1n) is 9.62. The van der Waals surface area contributed by atoms with E-state index in [4.69, 9.17) is 4.74 Å². The van der Waals surface area contributed by atoms with Crippen LogP contribution >= 0.6 is 0 Å². The highest BCUT2D eigenvalue weighted by molar-refractivity contribution is 6.00. The van der Waals surface area contributed by atoms with Crippen LogP contribution in [-0.4, -0.2) is 37.4 Å². The van der Waals surface area contributed by atoms with E-state index in [1.54, 1.807) is 29.2 Å². The lowest BCUT2D eigenvalue weighted by Gasteiger charge is -2.16. The van der Waals surface area contributed by atoms with Gasteiger partial charge >= 0.3 is 0 Å². The summed E-state index contributed by atoms with van der Waals surface area (Å²) in [7, 11) is 0. The second-order valence-electron chi connectivity index (χ2n) is 6.81. The predicted molar refractivity (Wildman–Crippen MR) is 114 cm³/mol. The fraction of sp³-hybridized carbons (Fsp3) is 0.261. The summed E-state index contributed by atoms with van der Waals surface area (Å²) in [6, 6.07) is 16.3. The van der Waals surface area contributed by atoms with E-state index >= 15 is 0 Å². The minimum atomic E-state index is -0.382. The number of anilines is 2. The van der Waals surface area contributed by atoms with Gasteiger partial charge in [-0.1, -0.05) is 36.1 Å². The zero-order chi connectivity index (χ0) is 21.3. The van der Waals surface area contributed by atoms with Crippen LogP contribution in [0.3, 0.4) is 0 Å². The molecule has 1 fully saturated rings. The number of hydrogen-bond donors (Lipinski definition) is 2. The fourth-order valence-electron chi connectivity index (χ4n) is 3.12. The summed E-state index contributed by atoms with van der Waals surface area (Å²) in [4.78, 5) is 37.2. The number of amides is 3. The fourth-order valence-corrected chi connectivity index (χ4v) is 3.12. The first-order chi connectivity index (χ1) is 14.5. The van der Waals surface area contributed by atoms with Crippen molar-refractivity contribution in [2.24, 2.45) is 5.92 Å². The van der Waals surface area contributed by atoms with Gasteiger partial charge in [-0.15, -0.1) is 0 Å². The Hall–Kier alpha value is -3.79. The Morgan fingerprint density at radius 3 is 2.70 bits per heavy atom. The third kappa shape index (κ3) is 5.85. The van der Waals surface area contributed by atoms with Gasteiger partial charge in [-0.05, 0) is 24.3 Å². The molecule has 3 amide bonds. The first-order valence-corrected chi connectivity index (χ1v) is 9.62. The van der Waals surface area contributed by atoms with Crippen LogP contribution in [0.1, 0.15) is 13.3 Å². The summed E-state index contributed by atoms with van der Waals surface area (Å²) in [6.07, 6.45) is 0.196. The number of benzene rings is 2. The lowest BCUT2D eigenvalue weighted by molar-refractivity contribution is -0.126. The lowest BCUT2D eigenvalue weighted by Crippen LogP contribution is -2.33. The molecule has 1 heterocycles. The smallest absolute Gasteiger partial charge is 0.227 e. The molecule has 7 nitrogen and oxygen atoms in total. The molecule has 30 heavy (non-hydrogen) atoms. The molecule has 1 saturated heterocycles. The minimum Gasteiger partial charge on any atom is -0.481 e. The lowest BCUT2D eigenvalue weighted by atomic mass is 10.1. The molecule has 0 radical (unpaired) electrons.